The lowest BCUT2D eigenvalue weighted by Gasteiger charge is -2.15. The summed E-state index contributed by atoms with van der Waals surface area (Å²) in [6, 6.07) is -0.741. The molecule has 0 spiro atoms. The zero-order valence-electron chi connectivity index (χ0n) is 10.1. The predicted molar refractivity (Wildman–Crippen MR) is 60.5 cm³/mol. The van der Waals surface area contributed by atoms with Crippen molar-refractivity contribution in [2.24, 2.45) is 11.7 Å². The number of ketones is 1. The Hall–Kier alpha value is -1.39. The minimum absolute atomic E-state index is 0.0237. The van der Waals surface area contributed by atoms with Gasteiger partial charge in [-0.25, -0.2) is 0 Å². The van der Waals surface area contributed by atoms with Crippen LogP contribution in [0.25, 0.3) is 0 Å². The van der Waals surface area contributed by atoms with Gasteiger partial charge in [-0.1, -0.05) is 13.8 Å². The highest BCUT2D eigenvalue weighted by Gasteiger charge is 2.18. The van der Waals surface area contributed by atoms with Crippen LogP contribution in [0.3, 0.4) is 0 Å². The summed E-state index contributed by atoms with van der Waals surface area (Å²) in [6.07, 6.45) is 0.869. The normalized spacial score (nSPS) is 12.2. The number of hydrogen-bond donors (Lipinski definition) is 2. The first-order chi connectivity index (χ1) is 7.32. The Balaban J connectivity index is 4.17. The number of carbonyl (C=O) groups is 3. The Morgan fingerprint density at radius 3 is 2.19 bits per heavy atom. The van der Waals surface area contributed by atoms with Crippen molar-refractivity contribution in [1.82, 2.24) is 5.32 Å². The molecule has 0 aliphatic rings. The van der Waals surface area contributed by atoms with Gasteiger partial charge >= 0.3 is 0 Å². The van der Waals surface area contributed by atoms with E-state index in [2.05, 4.69) is 5.32 Å². The molecule has 0 rings (SSSR count). The fourth-order valence-corrected chi connectivity index (χ4v) is 1.26. The van der Waals surface area contributed by atoms with Crippen molar-refractivity contribution in [2.45, 2.75) is 46.1 Å². The predicted octanol–water partition coefficient (Wildman–Crippen LogP) is 0.372. The highest BCUT2D eigenvalue weighted by atomic mass is 16.2. The molecule has 0 aromatic heterocycles. The molecule has 92 valence electrons. The Kier molecular flexibility index (Phi) is 6.37. The zero-order valence-corrected chi connectivity index (χ0v) is 10.1. The first-order valence-electron chi connectivity index (χ1n) is 5.41. The van der Waals surface area contributed by atoms with E-state index in [0.717, 1.165) is 0 Å². The second-order valence-electron chi connectivity index (χ2n) is 4.36. The zero-order chi connectivity index (χ0) is 12.7. The average Bonchev–Trinajstić information content (AvgIpc) is 2.09. The summed E-state index contributed by atoms with van der Waals surface area (Å²) in [6.45, 7) is 5.26. The number of rotatable bonds is 7. The van der Waals surface area contributed by atoms with Crippen molar-refractivity contribution in [3.63, 3.8) is 0 Å². The molecule has 16 heavy (non-hydrogen) atoms. The summed E-state index contributed by atoms with van der Waals surface area (Å²) in [5, 5.41) is 2.54. The quantitative estimate of drug-likeness (QED) is 0.659. The van der Waals surface area contributed by atoms with E-state index in [1.807, 2.05) is 13.8 Å². The van der Waals surface area contributed by atoms with Crippen LogP contribution >= 0.6 is 0 Å². The summed E-state index contributed by atoms with van der Waals surface area (Å²) < 4.78 is 0. The summed E-state index contributed by atoms with van der Waals surface area (Å²) in [5.74, 6) is -0.605. The van der Waals surface area contributed by atoms with Gasteiger partial charge in [0.1, 0.15) is 11.8 Å². The minimum Gasteiger partial charge on any atom is -0.368 e. The fourth-order valence-electron chi connectivity index (χ4n) is 1.26. The second kappa shape index (κ2) is 6.98. The first-order valence-corrected chi connectivity index (χ1v) is 5.41. The monoisotopic (exact) mass is 228 g/mol. The van der Waals surface area contributed by atoms with Crippen LogP contribution in [0.2, 0.25) is 0 Å². The smallest absolute Gasteiger partial charge is 0.240 e. The molecular weight excluding hydrogens is 208 g/mol. The maximum absolute atomic E-state index is 11.4. The molecule has 0 aliphatic heterocycles. The minimum atomic E-state index is -0.741. The Labute approximate surface area is 95.8 Å². The van der Waals surface area contributed by atoms with Gasteiger partial charge in [-0.3, -0.25) is 9.59 Å². The van der Waals surface area contributed by atoms with Crippen molar-refractivity contribution in [2.75, 3.05) is 0 Å². The van der Waals surface area contributed by atoms with Crippen LogP contribution in [0.15, 0.2) is 0 Å². The molecule has 0 saturated carbocycles. The second-order valence-corrected chi connectivity index (χ2v) is 4.36. The molecule has 3 N–H and O–H groups in total. The van der Waals surface area contributed by atoms with Crippen LogP contribution in [0.4, 0.5) is 0 Å². The fraction of sp³-hybridized carbons (Fsp3) is 0.727. The number of Topliss-reactive ketones (excluding diaryl/α,β-unsaturated/α-hetero) is 1. The van der Waals surface area contributed by atoms with Crippen molar-refractivity contribution in [1.29, 1.82) is 0 Å². The van der Waals surface area contributed by atoms with Crippen molar-refractivity contribution in [3.8, 4) is 0 Å². The molecule has 0 saturated heterocycles. The summed E-state index contributed by atoms with van der Waals surface area (Å²) in [4.78, 5) is 33.2. The van der Waals surface area contributed by atoms with Crippen molar-refractivity contribution >= 4 is 17.6 Å². The molecule has 5 heteroatoms. The van der Waals surface area contributed by atoms with Crippen LogP contribution in [0.5, 0.6) is 0 Å². The lowest BCUT2D eigenvalue weighted by Crippen LogP contribution is -2.44. The Bertz CT molecular complexity index is 274. The molecule has 0 bridgehead atoms. The van der Waals surface area contributed by atoms with Crippen LogP contribution in [0, 0.1) is 5.92 Å². The third-order valence-corrected chi connectivity index (χ3v) is 2.06. The van der Waals surface area contributed by atoms with Gasteiger partial charge < -0.3 is 15.8 Å². The Morgan fingerprint density at radius 2 is 1.81 bits per heavy atom. The highest BCUT2D eigenvalue weighted by Crippen LogP contribution is 2.02. The summed E-state index contributed by atoms with van der Waals surface area (Å²) in [7, 11) is 0. The van der Waals surface area contributed by atoms with Gasteiger partial charge in [0.2, 0.25) is 11.8 Å². The van der Waals surface area contributed by atoms with Crippen LogP contribution in [0.1, 0.15) is 40.0 Å². The molecule has 0 fully saturated rings. The van der Waals surface area contributed by atoms with E-state index in [0.29, 0.717) is 6.42 Å². The van der Waals surface area contributed by atoms with E-state index in [9.17, 15) is 14.4 Å². The van der Waals surface area contributed by atoms with Gasteiger partial charge in [0.15, 0.2) is 0 Å². The molecular formula is C11H20N2O3. The standard InChI is InChI=1S/C11H20N2O3/c1-7(2)6-10(15)13-9(11(12)16)5-4-8(3)14/h7,9H,4-6H2,1-3H3,(H2,12,16)(H,13,15). The van der Waals surface area contributed by atoms with Crippen LogP contribution < -0.4 is 11.1 Å². The first kappa shape index (κ1) is 14.6. The molecule has 1 atom stereocenters. The van der Waals surface area contributed by atoms with Crippen molar-refractivity contribution in [3.05, 3.63) is 0 Å². The number of nitrogens with two attached hydrogens (primary N) is 1. The average molecular weight is 228 g/mol. The maximum atomic E-state index is 11.4. The van der Waals surface area contributed by atoms with E-state index in [-0.39, 0.29) is 30.4 Å². The number of amides is 2. The van der Waals surface area contributed by atoms with E-state index in [4.69, 9.17) is 5.73 Å². The lowest BCUT2D eigenvalue weighted by molar-refractivity contribution is -0.128. The number of nitrogens with one attached hydrogen (secondary N) is 1. The largest absolute Gasteiger partial charge is 0.368 e. The number of hydrogen-bond acceptors (Lipinski definition) is 3. The molecule has 1 unspecified atom stereocenters. The molecule has 0 aliphatic carbocycles. The SMILES string of the molecule is CC(=O)CCC(NC(=O)CC(C)C)C(N)=O. The molecule has 0 heterocycles. The Morgan fingerprint density at radius 1 is 1.25 bits per heavy atom. The van der Waals surface area contributed by atoms with Crippen LogP contribution in [-0.2, 0) is 14.4 Å². The maximum Gasteiger partial charge on any atom is 0.240 e. The summed E-state index contributed by atoms with van der Waals surface area (Å²) in [5.41, 5.74) is 5.14. The van der Waals surface area contributed by atoms with Gasteiger partial charge in [0.05, 0.1) is 0 Å². The van der Waals surface area contributed by atoms with Gasteiger partial charge in [-0.2, -0.15) is 0 Å². The third-order valence-electron chi connectivity index (χ3n) is 2.06. The van der Waals surface area contributed by atoms with E-state index >= 15 is 0 Å². The van der Waals surface area contributed by atoms with E-state index in [1.54, 1.807) is 0 Å². The van der Waals surface area contributed by atoms with Crippen molar-refractivity contribution < 1.29 is 14.4 Å². The van der Waals surface area contributed by atoms with Gasteiger partial charge in [-0.15, -0.1) is 0 Å². The van der Waals surface area contributed by atoms with Gasteiger partial charge in [-0.05, 0) is 19.3 Å². The summed E-state index contributed by atoms with van der Waals surface area (Å²) >= 11 is 0. The number of primary amides is 1. The van der Waals surface area contributed by atoms with E-state index in [1.165, 1.54) is 6.92 Å². The lowest BCUT2D eigenvalue weighted by atomic mass is 10.1. The van der Waals surface area contributed by atoms with E-state index < -0.39 is 11.9 Å². The molecule has 0 aromatic rings. The van der Waals surface area contributed by atoms with Crippen LogP contribution in [-0.4, -0.2) is 23.6 Å². The highest BCUT2D eigenvalue weighted by molar-refractivity contribution is 5.87. The molecule has 2 amide bonds. The topological polar surface area (TPSA) is 89.3 Å². The molecule has 5 nitrogen and oxygen atoms in total. The molecule has 0 aromatic carbocycles. The van der Waals surface area contributed by atoms with Gasteiger partial charge in [0.25, 0.3) is 0 Å². The molecule has 0 radical (unpaired) electrons. The number of carbonyl (C=O) groups excluding carboxylic acids is 3. The van der Waals surface area contributed by atoms with Gasteiger partial charge in [0, 0.05) is 12.8 Å². The third kappa shape index (κ3) is 6.98.